The summed E-state index contributed by atoms with van der Waals surface area (Å²) in [6.45, 7) is 2.01. The van der Waals surface area contributed by atoms with Crippen LogP contribution in [0.2, 0.25) is 0 Å². The van der Waals surface area contributed by atoms with Crippen LogP contribution in [0, 0.1) is 0 Å². The highest BCUT2D eigenvalue weighted by Gasteiger charge is 2.03. The normalized spacial score (nSPS) is 13.6. The van der Waals surface area contributed by atoms with Crippen molar-refractivity contribution in [2.24, 2.45) is 5.73 Å². The van der Waals surface area contributed by atoms with Crippen LogP contribution in [0.15, 0.2) is 6.33 Å². The molecule has 0 aromatic carbocycles. The molecule has 1 aromatic rings. The fourth-order valence-corrected chi connectivity index (χ4v) is 0.587. The number of nitrogens with two attached hydrogens (primary N) is 1. The molecule has 0 bridgehead atoms. The number of hydrogen-bond acceptors (Lipinski definition) is 3. The van der Waals surface area contributed by atoms with Gasteiger partial charge in [-0.05, 0) is 6.42 Å². The fraction of sp³-hybridized carbons (Fsp3) is 0.600. The van der Waals surface area contributed by atoms with Gasteiger partial charge in [-0.15, -0.1) is 0 Å². The molecule has 0 saturated heterocycles. The third kappa shape index (κ3) is 1.26. The third-order valence-corrected chi connectivity index (χ3v) is 1.22. The van der Waals surface area contributed by atoms with Crippen molar-refractivity contribution in [3.63, 3.8) is 0 Å². The predicted octanol–water partition coefficient (Wildman–Crippen LogP) is 0.215. The lowest BCUT2D eigenvalue weighted by Crippen LogP contribution is -2.10. The van der Waals surface area contributed by atoms with Gasteiger partial charge in [0.05, 0.1) is 6.04 Å². The average Bonchev–Trinajstić information content (AvgIpc) is 2.37. The van der Waals surface area contributed by atoms with Crippen LogP contribution in [-0.2, 0) is 0 Å². The van der Waals surface area contributed by atoms with E-state index in [1.54, 1.807) is 0 Å². The molecule has 0 amide bonds. The number of aromatic nitrogens is 3. The lowest BCUT2D eigenvalue weighted by atomic mass is 10.2. The van der Waals surface area contributed by atoms with Gasteiger partial charge in [0.25, 0.3) is 0 Å². The van der Waals surface area contributed by atoms with Gasteiger partial charge in [0, 0.05) is 0 Å². The Morgan fingerprint density at radius 3 is 3.11 bits per heavy atom. The van der Waals surface area contributed by atoms with E-state index in [0.29, 0.717) is 0 Å². The highest BCUT2D eigenvalue weighted by atomic mass is 15.2. The number of hydrogen-bond donors (Lipinski definition) is 2. The molecule has 0 aliphatic rings. The first-order valence-electron chi connectivity index (χ1n) is 2.95. The smallest absolute Gasteiger partial charge is 0.141 e. The van der Waals surface area contributed by atoms with Gasteiger partial charge < -0.3 is 5.73 Å². The zero-order valence-corrected chi connectivity index (χ0v) is 5.33. The minimum absolute atomic E-state index is 0.00694. The molecule has 1 rings (SSSR count). The molecule has 50 valence electrons. The zero-order valence-electron chi connectivity index (χ0n) is 5.33. The summed E-state index contributed by atoms with van der Waals surface area (Å²) in [6.07, 6.45) is 2.35. The van der Waals surface area contributed by atoms with Gasteiger partial charge in [0.1, 0.15) is 12.2 Å². The molecule has 1 aromatic heterocycles. The second kappa shape index (κ2) is 2.59. The Morgan fingerprint density at radius 2 is 2.67 bits per heavy atom. The molecule has 4 nitrogen and oxygen atoms in total. The van der Waals surface area contributed by atoms with Crippen molar-refractivity contribution in [2.75, 3.05) is 0 Å². The molecule has 1 atom stereocenters. The summed E-state index contributed by atoms with van der Waals surface area (Å²) in [7, 11) is 0. The van der Waals surface area contributed by atoms with E-state index in [1.165, 1.54) is 6.33 Å². The second-order valence-corrected chi connectivity index (χ2v) is 1.89. The number of rotatable bonds is 2. The Labute approximate surface area is 53.5 Å². The van der Waals surface area contributed by atoms with Crippen LogP contribution in [0.1, 0.15) is 25.2 Å². The van der Waals surface area contributed by atoms with Crippen LogP contribution in [0.5, 0.6) is 0 Å². The molecule has 3 N–H and O–H groups in total. The maximum absolute atomic E-state index is 5.60. The Hall–Kier alpha value is -0.900. The summed E-state index contributed by atoms with van der Waals surface area (Å²) >= 11 is 0. The Kier molecular flexibility index (Phi) is 1.79. The maximum atomic E-state index is 5.60. The minimum atomic E-state index is 0.00694. The standard InChI is InChI=1S/C5H10N4/c1-2-4(6)5-7-3-8-9-5/h3-4H,2,6H2,1H3,(H,7,8,9)/t4-/m1/s1. The monoisotopic (exact) mass is 126 g/mol. The Morgan fingerprint density at radius 1 is 1.89 bits per heavy atom. The van der Waals surface area contributed by atoms with Crippen molar-refractivity contribution in [3.05, 3.63) is 12.2 Å². The number of nitrogens with one attached hydrogen (secondary N) is 1. The van der Waals surface area contributed by atoms with Crippen molar-refractivity contribution in [3.8, 4) is 0 Å². The van der Waals surface area contributed by atoms with E-state index < -0.39 is 0 Å². The van der Waals surface area contributed by atoms with E-state index in [2.05, 4.69) is 15.2 Å². The van der Waals surface area contributed by atoms with Crippen molar-refractivity contribution >= 4 is 0 Å². The topological polar surface area (TPSA) is 67.6 Å². The van der Waals surface area contributed by atoms with Gasteiger partial charge in [0.15, 0.2) is 0 Å². The first kappa shape index (κ1) is 6.22. The lowest BCUT2D eigenvalue weighted by molar-refractivity contribution is 0.652. The molecule has 1 heterocycles. The molecule has 0 fully saturated rings. The van der Waals surface area contributed by atoms with Crippen molar-refractivity contribution < 1.29 is 0 Å². The van der Waals surface area contributed by atoms with Crippen molar-refractivity contribution in [1.29, 1.82) is 0 Å². The Balaban J connectivity index is 2.65. The molecule has 0 unspecified atom stereocenters. The highest BCUT2D eigenvalue weighted by molar-refractivity contribution is 4.87. The lowest BCUT2D eigenvalue weighted by Gasteiger charge is -2.00. The summed E-state index contributed by atoms with van der Waals surface area (Å²) in [5, 5.41) is 6.38. The molecule has 9 heavy (non-hydrogen) atoms. The fourth-order valence-electron chi connectivity index (χ4n) is 0.587. The van der Waals surface area contributed by atoms with E-state index in [9.17, 15) is 0 Å². The molecule has 0 radical (unpaired) electrons. The van der Waals surface area contributed by atoms with E-state index in [4.69, 9.17) is 5.73 Å². The molecule has 0 saturated carbocycles. The van der Waals surface area contributed by atoms with Crippen molar-refractivity contribution in [2.45, 2.75) is 19.4 Å². The van der Waals surface area contributed by atoms with E-state index in [1.807, 2.05) is 6.92 Å². The molecule has 0 aliphatic carbocycles. The first-order valence-corrected chi connectivity index (χ1v) is 2.95. The van der Waals surface area contributed by atoms with Gasteiger partial charge in [-0.3, -0.25) is 5.10 Å². The van der Waals surface area contributed by atoms with E-state index >= 15 is 0 Å². The van der Waals surface area contributed by atoms with E-state index in [0.717, 1.165) is 12.2 Å². The average molecular weight is 126 g/mol. The summed E-state index contributed by atoms with van der Waals surface area (Å²) in [5.74, 6) is 0.762. The van der Waals surface area contributed by atoms with Crippen LogP contribution < -0.4 is 5.73 Å². The number of H-pyrrole nitrogens is 1. The molecule has 4 heteroatoms. The minimum Gasteiger partial charge on any atom is -0.321 e. The summed E-state index contributed by atoms with van der Waals surface area (Å²) < 4.78 is 0. The van der Waals surface area contributed by atoms with Crippen molar-refractivity contribution in [1.82, 2.24) is 15.2 Å². The van der Waals surface area contributed by atoms with Crippen LogP contribution in [0.25, 0.3) is 0 Å². The Bertz CT molecular complexity index is 157. The second-order valence-electron chi connectivity index (χ2n) is 1.89. The van der Waals surface area contributed by atoms with Gasteiger partial charge in [-0.2, -0.15) is 5.10 Å². The summed E-state index contributed by atoms with van der Waals surface area (Å²) in [6, 6.07) is 0.00694. The highest BCUT2D eigenvalue weighted by Crippen LogP contribution is 2.04. The van der Waals surface area contributed by atoms with Gasteiger partial charge in [-0.25, -0.2) is 4.98 Å². The van der Waals surface area contributed by atoms with Crippen LogP contribution >= 0.6 is 0 Å². The van der Waals surface area contributed by atoms with Gasteiger partial charge in [-0.1, -0.05) is 6.92 Å². The number of aromatic amines is 1. The summed E-state index contributed by atoms with van der Waals surface area (Å²) in [5.41, 5.74) is 5.60. The molecule has 0 aliphatic heterocycles. The quantitative estimate of drug-likeness (QED) is 0.595. The van der Waals surface area contributed by atoms with Crippen LogP contribution in [0.3, 0.4) is 0 Å². The first-order chi connectivity index (χ1) is 4.34. The van der Waals surface area contributed by atoms with Crippen LogP contribution in [0.4, 0.5) is 0 Å². The predicted molar refractivity (Wildman–Crippen MR) is 33.6 cm³/mol. The van der Waals surface area contributed by atoms with Gasteiger partial charge in [0.2, 0.25) is 0 Å². The number of nitrogens with zero attached hydrogens (tertiary/aromatic N) is 2. The zero-order chi connectivity index (χ0) is 6.69. The maximum Gasteiger partial charge on any atom is 0.141 e. The molecular formula is C5H10N4. The molecular weight excluding hydrogens is 116 g/mol. The van der Waals surface area contributed by atoms with Gasteiger partial charge >= 0.3 is 0 Å². The van der Waals surface area contributed by atoms with E-state index in [-0.39, 0.29) is 6.04 Å². The SMILES string of the molecule is CC[C@@H](N)c1ncn[nH]1. The molecule has 0 spiro atoms. The third-order valence-electron chi connectivity index (χ3n) is 1.22. The largest absolute Gasteiger partial charge is 0.321 e. The summed E-state index contributed by atoms with van der Waals surface area (Å²) in [4.78, 5) is 3.90. The van der Waals surface area contributed by atoms with Crippen LogP contribution in [-0.4, -0.2) is 15.2 Å².